The molecule has 0 saturated heterocycles. The van der Waals surface area contributed by atoms with Crippen LogP contribution in [0.3, 0.4) is 0 Å². The van der Waals surface area contributed by atoms with Crippen molar-refractivity contribution in [1.82, 2.24) is 19.8 Å². The number of nitrogens with one attached hydrogen (secondary N) is 1. The van der Waals surface area contributed by atoms with Gasteiger partial charge >= 0.3 is 0 Å². The highest BCUT2D eigenvalue weighted by atomic mass is 16.5. The number of nitrogens with zero attached hydrogens (tertiary/aromatic N) is 3. The first-order valence-corrected chi connectivity index (χ1v) is 7.72. The molecular weight excluding hydrogens is 252 g/mol. The Bertz CT molecular complexity index is 414. The minimum Gasteiger partial charge on any atom is -0.378 e. The lowest BCUT2D eigenvalue weighted by atomic mass is 10.2. The maximum absolute atomic E-state index is 5.74. The molecule has 1 aliphatic rings. The molecule has 0 aliphatic carbocycles. The van der Waals surface area contributed by atoms with Gasteiger partial charge in [-0.1, -0.05) is 6.92 Å². The predicted molar refractivity (Wildman–Crippen MR) is 81.0 cm³/mol. The highest BCUT2D eigenvalue weighted by Gasteiger charge is 2.18. The third-order valence-electron chi connectivity index (χ3n) is 3.68. The fourth-order valence-corrected chi connectivity index (χ4v) is 2.61. The van der Waals surface area contributed by atoms with Gasteiger partial charge in [0.05, 0.1) is 18.9 Å². The Morgan fingerprint density at radius 1 is 1.35 bits per heavy atom. The van der Waals surface area contributed by atoms with E-state index in [1.165, 1.54) is 17.2 Å². The Morgan fingerprint density at radius 2 is 2.20 bits per heavy atom. The SMILES string of the molecule is CCCc1nc2c(n1CCOCCN(C)C)CCNC2. The quantitative estimate of drug-likeness (QED) is 0.723. The van der Waals surface area contributed by atoms with E-state index in [-0.39, 0.29) is 0 Å². The molecule has 0 bridgehead atoms. The predicted octanol–water partition coefficient (Wildman–Crippen LogP) is 1.06. The maximum atomic E-state index is 5.74. The van der Waals surface area contributed by atoms with Gasteiger partial charge in [0.1, 0.15) is 5.82 Å². The molecule has 0 atom stereocenters. The summed E-state index contributed by atoms with van der Waals surface area (Å²) in [4.78, 5) is 6.95. The van der Waals surface area contributed by atoms with Crippen molar-refractivity contribution in [3.63, 3.8) is 0 Å². The lowest BCUT2D eigenvalue weighted by molar-refractivity contribution is 0.110. The van der Waals surface area contributed by atoms with Crippen molar-refractivity contribution in [2.75, 3.05) is 40.4 Å². The molecule has 0 unspecified atom stereocenters. The van der Waals surface area contributed by atoms with Crippen molar-refractivity contribution in [2.45, 2.75) is 39.3 Å². The first-order chi connectivity index (χ1) is 9.72. The Labute approximate surface area is 122 Å². The molecule has 20 heavy (non-hydrogen) atoms. The fourth-order valence-electron chi connectivity index (χ4n) is 2.61. The zero-order valence-corrected chi connectivity index (χ0v) is 13.1. The third kappa shape index (κ3) is 4.04. The summed E-state index contributed by atoms with van der Waals surface area (Å²) in [6.07, 6.45) is 3.29. The van der Waals surface area contributed by atoms with Gasteiger partial charge in [-0.25, -0.2) is 4.98 Å². The molecule has 1 aliphatic heterocycles. The molecule has 0 spiro atoms. The van der Waals surface area contributed by atoms with E-state index in [2.05, 4.69) is 35.8 Å². The van der Waals surface area contributed by atoms with Crippen molar-refractivity contribution < 1.29 is 4.74 Å². The summed E-state index contributed by atoms with van der Waals surface area (Å²) in [5.41, 5.74) is 2.66. The van der Waals surface area contributed by atoms with E-state index in [0.717, 1.165) is 58.7 Å². The van der Waals surface area contributed by atoms with Crippen LogP contribution in [0.25, 0.3) is 0 Å². The first kappa shape index (κ1) is 15.5. The largest absolute Gasteiger partial charge is 0.378 e. The lowest BCUT2D eigenvalue weighted by Gasteiger charge is -2.16. The summed E-state index contributed by atoms with van der Waals surface area (Å²) in [5.74, 6) is 1.23. The summed E-state index contributed by atoms with van der Waals surface area (Å²) >= 11 is 0. The van der Waals surface area contributed by atoms with Crippen molar-refractivity contribution >= 4 is 0 Å². The highest BCUT2D eigenvalue weighted by molar-refractivity contribution is 5.20. The number of aromatic nitrogens is 2. The number of aryl methyl sites for hydroxylation is 1. The van der Waals surface area contributed by atoms with E-state index < -0.39 is 0 Å². The van der Waals surface area contributed by atoms with E-state index >= 15 is 0 Å². The van der Waals surface area contributed by atoms with Gasteiger partial charge in [0, 0.05) is 44.7 Å². The van der Waals surface area contributed by atoms with Gasteiger partial charge in [-0.05, 0) is 20.5 Å². The van der Waals surface area contributed by atoms with Crippen LogP contribution in [-0.4, -0.2) is 54.8 Å². The molecule has 0 radical (unpaired) electrons. The molecule has 1 aromatic rings. The number of hydrogen-bond acceptors (Lipinski definition) is 4. The Kier molecular flexibility index (Phi) is 6.01. The summed E-state index contributed by atoms with van der Waals surface area (Å²) in [6, 6.07) is 0. The van der Waals surface area contributed by atoms with E-state index in [0.29, 0.717) is 0 Å². The minimum atomic E-state index is 0.779. The van der Waals surface area contributed by atoms with Gasteiger partial charge in [0.2, 0.25) is 0 Å². The van der Waals surface area contributed by atoms with Crippen LogP contribution < -0.4 is 5.32 Å². The molecule has 1 aromatic heterocycles. The summed E-state index contributed by atoms with van der Waals surface area (Å²) < 4.78 is 8.13. The molecule has 0 aromatic carbocycles. The summed E-state index contributed by atoms with van der Waals surface area (Å²) in [5, 5.41) is 3.40. The number of hydrogen-bond donors (Lipinski definition) is 1. The molecular formula is C15H28N4O. The van der Waals surface area contributed by atoms with Crippen LogP contribution in [-0.2, 0) is 30.7 Å². The highest BCUT2D eigenvalue weighted by Crippen LogP contribution is 2.17. The second-order valence-electron chi connectivity index (χ2n) is 5.67. The molecule has 1 N–H and O–H groups in total. The average molecular weight is 280 g/mol. The normalized spacial score (nSPS) is 14.8. The maximum Gasteiger partial charge on any atom is 0.109 e. The van der Waals surface area contributed by atoms with Gasteiger partial charge < -0.3 is 19.5 Å². The Morgan fingerprint density at radius 3 is 2.95 bits per heavy atom. The van der Waals surface area contributed by atoms with E-state index in [1.54, 1.807) is 0 Å². The van der Waals surface area contributed by atoms with Crippen LogP contribution in [0.1, 0.15) is 30.6 Å². The molecule has 5 nitrogen and oxygen atoms in total. The van der Waals surface area contributed by atoms with Gasteiger partial charge in [0.25, 0.3) is 0 Å². The van der Waals surface area contributed by atoms with Crippen LogP contribution in [0.5, 0.6) is 0 Å². The first-order valence-electron chi connectivity index (χ1n) is 7.72. The molecule has 0 amide bonds. The van der Waals surface area contributed by atoms with Gasteiger partial charge in [0.15, 0.2) is 0 Å². The second kappa shape index (κ2) is 7.76. The van der Waals surface area contributed by atoms with Crippen LogP contribution in [0, 0.1) is 0 Å². The van der Waals surface area contributed by atoms with Crippen molar-refractivity contribution in [3.8, 4) is 0 Å². The smallest absolute Gasteiger partial charge is 0.109 e. The monoisotopic (exact) mass is 280 g/mol. The molecule has 114 valence electrons. The lowest BCUT2D eigenvalue weighted by Crippen LogP contribution is -2.26. The molecule has 0 saturated carbocycles. The van der Waals surface area contributed by atoms with Crippen molar-refractivity contribution in [1.29, 1.82) is 0 Å². The Hall–Kier alpha value is -0.910. The number of likely N-dealkylation sites (N-methyl/N-ethyl adjacent to an activating group) is 1. The van der Waals surface area contributed by atoms with Gasteiger partial charge in [-0.15, -0.1) is 0 Å². The van der Waals surface area contributed by atoms with Crippen LogP contribution in [0.2, 0.25) is 0 Å². The van der Waals surface area contributed by atoms with Gasteiger partial charge in [-0.2, -0.15) is 0 Å². The fraction of sp³-hybridized carbons (Fsp3) is 0.800. The number of fused-ring (bicyclic) bond motifs is 1. The molecule has 2 heterocycles. The van der Waals surface area contributed by atoms with Crippen LogP contribution >= 0.6 is 0 Å². The van der Waals surface area contributed by atoms with E-state index in [9.17, 15) is 0 Å². The second-order valence-corrected chi connectivity index (χ2v) is 5.67. The number of rotatable bonds is 8. The molecule has 5 heteroatoms. The van der Waals surface area contributed by atoms with Crippen molar-refractivity contribution in [2.24, 2.45) is 0 Å². The van der Waals surface area contributed by atoms with Crippen LogP contribution in [0.15, 0.2) is 0 Å². The standard InChI is InChI=1S/C15H28N4O/c1-4-5-15-17-13-12-16-7-6-14(13)19(15)9-11-20-10-8-18(2)3/h16H,4-12H2,1-3H3. The average Bonchev–Trinajstić information content (AvgIpc) is 2.76. The zero-order chi connectivity index (χ0) is 14.4. The van der Waals surface area contributed by atoms with Crippen LogP contribution in [0.4, 0.5) is 0 Å². The molecule has 0 fully saturated rings. The topological polar surface area (TPSA) is 42.3 Å². The number of ether oxygens (including phenoxy) is 1. The van der Waals surface area contributed by atoms with E-state index in [4.69, 9.17) is 9.72 Å². The summed E-state index contributed by atoms with van der Waals surface area (Å²) in [6.45, 7) is 7.68. The van der Waals surface area contributed by atoms with E-state index in [1.807, 2.05) is 0 Å². The zero-order valence-electron chi connectivity index (χ0n) is 13.1. The number of imidazole rings is 1. The Balaban J connectivity index is 1.93. The third-order valence-corrected chi connectivity index (χ3v) is 3.68. The van der Waals surface area contributed by atoms with Gasteiger partial charge in [-0.3, -0.25) is 0 Å². The molecule has 2 rings (SSSR count). The van der Waals surface area contributed by atoms with Crippen molar-refractivity contribution in [3.05, 3.63) is 17.2 Å². The summed E-state index contributed by atoms with van der Waals surface area (Å²) in [7, 11) is 4.14. The minimum absolute atomic E-state index is 0.779.